The van der Waals surface area contributed by atoms with E-state index >= 15 is 0 Å². The Morgan fingerprint density at radius 2 is 1.83 bits per heavy atom. The zero-order valence-corrected chi connectivity index (χ0v) is 12.9. The minimum absolute atomic E-state index is 0.0127. The summed E-state index contributed by atoms with van der Waals surface area (Å²) >= 11 is 0. The van der Waals surface area contributed by atoms with Gasteiger partial charge in [-0.2, -0.15) is 5.26 Å². The van der Waals surface area contributed by atoms with Crippen molar-refractivity contribution in [2.24, 2.45) is 0 Å². The standard InChI is InChI=1S/C20H15NO3/c21-13-14-6-8-15(9-7-14)17(19-10-11-20(23)24-19)12-18(22)16-4-2-1-3-5-16/h1-11,17,19H,12H2/t17-,19+/m1/s1. The van der Waals surface area contributed by atoms with Gasteiger partial charge in [-0.15, -0.1) is 0 Å². The lowest BCUT2D eigenvalue weighted by Gasteiger charge is -2.22. The van der Waals surface area contributed by atoms with E-state index in [4.69, 9.17) is 10.00 Å². The molecule has 0 saturated carbocycles. The number of esters is 1. The molecule has 0 N–H and O–H groups in total. The molecule has 2 aromatic rings. The average molecular weight is 317 g/mol. The van der Waals surface area contributed by atoms with Gasteiger partial charge in [0.2, 0.25) is 0 Å². The van der Waals surface area contributed by atoms with Crippen LogP contribution in [0.3, 0.4) is 0 Å². The third-order valence-corrected chi connectivity index (χ3v) is 4.04. The van der Waals surface area contributed by atoms with Crippen LogP contribution in [0.1, 0.15) is 33.8 Å². The maximum Gasteiger partial charge on any atom is 0.331 e. The van der Waals surface area contributed by atoms with E-state index < -0.39 is 12.1 Å². The van der Waals surface area contributed by atoms with E-state index in [0.717, 1.165) is 5.56 Å². The van der Waals surface area contributed by atoms with Gasteiger partial charge in [0.25, 0.3) is 0 Å². The molecule has 1 aliphatic rings. The van der Waals surface area contributed by atoms with E-state index in [-0.39, 0.29) is 18.1 Å². The molecule has 0 bridgehead atoms. The molecule has 2 aromatic carbocycles. The highest BCUT2D eigenvalue weighted by atomic mass is 16.5. The number of nitriles is 1. The molecule has 1 aliphatic heterocycles. The van der Waals surface area contributed by atoms with Gasteiger partial charge in [-0.3, -0.25) is 4.79 Å². The lowest BCUT2D eigenvalue weighted by atomic mass is 9.87. The molecule has 0 aliphatic carbocycles. The number of nitrogens with zero attached hydrogens (tertiary/aromatic N) is 1. The number of hydrogen-bond donors (Lipinski definition) is 0. The van der Waals surface area contributed by atoms with E-state index in [2.05, 4.69) is 6.07 Å². The van der Waals surface area contributed by atoms with Crippen LogP contribution >= 0.6 is 0 Å². The largest absolute Gasteiger partial charge is 0.454 e. The first kappa shape index (κ1) is 15.7. The predicted molar refractivity (Wildman–Crippen MR) is 88.3 cm³/mol. The third kappa shape index (κ3) is 3.41. The summed E-state index contributed by atoms with van der Waals surface area (Å²) in [5.74, 6) is -0.694. The SMILES string of the molecule is N#Cc1ccc([C@@H](CC(=O)c2ccccc2)[C@@H]2C=CC(=O)O2)cc1. The van der Waals surface area contributed by atoms with Gasteiger partial charge >= 0.3 is 5.97 Å². The number of carbonyl (C=O) groups is 2. The summed E-state index contributed by atoms with van der Waals surface area (Å²) < 4.78 is 5.30. The number of Topliss-reactive ketones (excluding diaryl/α,β-unsaturated/α-hetero) is 1. The molecule has 0 amide bonds. The van der Waals surface area contributed by atoms with Gasteiger partial charge < -0.3 is 4.74 Å². The van der Waals surface area contributed by atoms with Crippen molar-refractivity contribution in [1.82, 2.24) is 0 Å². The van der Waals surface area contributed by atoms with E-state index in [0.29, 0.717) is 11.1 Å². The van der Waals surface area contributed by atoms with Gasteiger partial charge in [-0.1, -0.05) is 42.5 Å². The van der Waals surface area contributed by atoms with Crippen molar-refractivity contribution in [3.05, 3.63) is 83.4 Å². The Labute approximate surface area is 140 Å². The van der Waals surface area contributed by atoms with E-state index in [1.165, 1.54) is 6.08 Å². The fourth-order valence-corrected chi connectivity index (χ4v) is 2.77. The maximum absolute atomic E-state index is 12.6. The first-order valence-electron chi connectivity index (χ1n) is 7.64. The Bertz CT molecular complexity index is 816. The summed E-state index contributed by atoms with van der Waals surface area (Å²) in [7, 11) is 0. The van der Waals surface area contributed by atoms with Crippen molar-refractivity contribution >= 4 is 11.8 Å². The zero-order chi connectivity index (χ0) is 16.9. The number of ketones is 1. The molecule has 0 fully saturated rings. The highest BCUT2D eigenvalue weighted by Crippen LogP contribution is 2.30. The molecule has 0 aromatic heterocycles. The van der Waals surface area contributed by atoms with Crippen LogP contribution in [0.2, 0.25) is 0 Å². The minimum Gasteiger partial charge on any atom is -0.454 e. The highest BCUT2D eigenvalue weighted by molar-refractivity contribution is 5.96. The van der Waals surface area contributed by atoms with E-state index in [1.54, 1.807) is 30.3 Å². The predicted octanol–water partition coefficient (Wildman–Crippen LogP) is 3.40. The summed E-state index contributed by atoms with van der Waals surface area (Å²) in [6, 6.07) is 18.1. The lowest BCUT2D eigenvalue weighted by molar-refractivity contribution is -0.139. The smallest absolute Gasteiger partial charge is 0.331 e. The molecule has 0 spiro atoms. The van der Waals surface area contributed by atoms with E-state index in [9.17, 15) is 9.59 Å². The second-order valence-corrected chi connectivity index (χ2v) is 5.59. The molecule has 118 valence electrons. The normalized spacial score (nSPS) is 17.1. The number of ether oxygens (including phenoxy) is 1. The van der Waals surface area contributed by atoms with Crippen molar-refractivity contribution in [3.63, 3.8) is 0 Å². The molecule has 0 unspecified atom stereocenters. The molecule has 4 heteroatoms. The third-order valence-electron chi connectivity index (χ3n) is 4.04. The second kappa shape index (κ2) is 6.93. The van der Waals surface area contributed by atoms with Gasteiger partial charge in [-0.05, 0) is 23.8 Å². The molecular formula is C20H15NO3. The van der Waals surface area contributed by atoms with Gasteiger partial charge in [0, 0.05) is 24.0 Å². The van der Waals surface area contributed by atoms with Gasteiger partial charge in [-0.25, -0.2) is 4.79 Å². The molecule has 3 rings (SSSR count). The van der Waals surface area contributed by atoms with Gasteiger partial charge in [0.05, 0.1) is 11.6 Å². The monoisotopic (exact) mass is 317 g/mol. The highest BCUT2D eigenvalue weighted by Gasteiger charge is 2.30. The molecular weight excluding hydrogens is 302 g/mol. The summed E-state index contributed by atoms with van der Waals surface area (Å²) in [4.78, 5) is 24.0. The van der Waals surface area contributed by atoms with Crippen molar-refractivity contribution in [1.29, 1.82) is 5.26 Å². The quantitative estimate of drug-likeness (QED) is 0.626. The van der Waals surface area contributed by atoms with Crippen molar-refractivity contribution in [2.75, 3.05) is 0 Å². The maximum atomic E-state index is 12.6. The fraction of sp³-hybridized carbons (Fsp3) is 0.150. The average Bonchev–Trinajstić information content (AvgIpc) is 3.06. The molecule has 0 radical (unpaired) electrons. The number of hydrogen-bond acceptors (Lipinski definition) is 4. The zero-order valence-electron chi connectivity index (χ0n) is 12.9. The summed E-state index contributed by atoms with van der Waals surface area (Å²) in [6.07, 6.45) is 2.81. The molecule has 0 saturated heterocycles. The summed E-state index contributed by atoms with van der Waals surface area (Å²) in [5.41, 5.74) is 2.04. The fourth-order valence-electron chi connectivity index (χ4n) is 2.77. The minimum atomic E-state index is -0.474. The van der Waals surface area contributed by atoms with Crippen LogP contribution in [0.5, 0.6) is 0 Å². The van der Waals surface area contributed by atoms with Crippen LogP contribution in [0, 0.1) is 11.3 Å². The Kier molecular flexibility index (Phi) is 4.53. The number of cyclic esters (lactones) is 1. The van der Waals surface area contributed by atoms with Crippen molar-refractivity contribution in [2.45, 2.75) is 18.4 Å². The first-order valence-corrected chi connectivity index (χ1v) is 7.64. The Morgan fingerprint density at radius 1 is 1.12 bits per heavy atom. The number of benzene rings is 2. The van der Waals surface area contributed by atoms with Crippen LogP contribution in [-0.4, -0.2) is 17.9 Å². The van der Waals surface area contributed by atoms with Gasteiger partial charge in [0.1, 0.15) is 6.10 Å². The van der Waals surface area contributed by atoms with Crippen molar-refractivity contribution < 1.29 is 14.3 Å². The second-order valence-electron chi connectivity index (χ2n) is 5.59. The molecule has 1 heterocycles. The Hall–Kier alpha value is -3.19. The lowest BCUT2D eigenvalue weighted by Crippen LogP contribution is -2.21. The molecule has 4 nitrogen and oxygen atoms in total. The Balaban J connectivity index is 1.87. The van der Waals surface area contributed by atoms with E-state index in [1.807, 2.05) is 30.3 Å². The van der Waals surface area contributed by atoms with Crippen molar-refractivity contribution in [3.8, 4) is 6.07 Å². The van der Waals surface area contributed by atoms with Crippen LogP contribution < -0.4 is 0 Å². The van der Waals surface area contributed by atoms with Crippen LogP contribution in [-0.2, 0) is 9.53 Å². The number of rotatable bonds is 5. The first-order chi connectivity index (χ1) is 11.7. The van der Waals surface area contributed by atoms with Crippen LogP contribution in [0.4, 0.5) is 0 Å². The molecule has 24 heavy (non-hydrogen) atoms. The topological polar surface area (TPSA) is 67.2 Å². The summed E-state index contributed by atoms with van der Waals surface area (Å²) in [6.45, 7) is 0. The molecule has 2 atom stereocenters. The van der Waals surface area contributed by atoms with Crippen LogP contribution in [0.15, 0.2) is 66.7 Å². The van der Waals surface area contributed by atoms with Crippen LogP contribution in [0.25, 0.3) is 0 Å². The number of carbonyl (C=O) groups excluding carboxylic acids is 2. The summed E-state index contributed by atoms with van der Waals surface area (Å²) in [5, 5.41) is 8.92. The Morgan fingerprint density at radius 3 is 2.42 bits per heavy atom. The van der Waals surface area contributed by atoms with Gasteiger partial charge in [0.15, 0.2) is 5.78 Å².